The molecule has 1 aromatic rings. The maximum Gasteiger partial charge on any atom is 0.174 e. The van der Waals surface area contributed by atoms with E-state index in [-0.39, 0.29) is 11.4 Å². The van der Waals surface area contributed by atoms with Gasteiger partial charge in [-0.25, -0.2) is 0 Å². The summed E-state index contributed by atoms with van der Waals surface area (Å²) in [6.07, 6.45) is 0.986. The van der Waals surface area contributed by atoms with Gasteiger partial charge in [-0.05, 0) is 40.2 Å². The van der Waals surface area contributed by atoms with Gasteiger partial charge in [-0.15, -0.1) is 0 Å². The number of aromatic nitrogens is 1. The van der Waals surface area contributed by atoms with Gasteiger partial charge in [-0.1, -0.05) is 12.1 Å². The van der Waals surface area contributed by atoms with E-state index in [1.54, 1.807) is 0 Å². The molecule has 0 aliphatic heterocycles. The second-order valence-electron chi connectivity index (χ2n) is 5.45. The fourth-order valence-electron chi connectivity index (χ4n) is 2.00. The third kappa shape index (κ3) is 2.97. The van der Waals surface area contributed by atoms with Crippen molar-refractivity contribution in [2.75, 3.05) is 11.9 Å². The molecule has 0 saturated heterocycles. The second kappa shape index (κ2) is 5.47. The number of hydrogen-bond acceptors (Lipinski definition) is 4. The Bertz CT molecular complexity index is 494. The van der Waals surface area contributed by atoms with Gasteiger partial charge < -0.3 is 15.8 Å². The minimum absolute atomic E-state index is 0.0231. The van der Waals surface area contributed by atoms with Crippen LogP contribution in [0.25, 0.3) is 0 Å². The van der Waals surface area contributed by atoms with Gasteiger partial charge in [0, 0.05) is 18.3 Å². The van der Waals surface area contributed by atoms with Crippen LogP contribution >= 0.6 is 0 Å². The summed E-state index contributed by atoms with van der Waals surface area (Å²) in [7, 11) is 2.02. The second-order valence-corrected chi connectivity index (χ2v) is 5.45. The molecule has 0 amide bonds. The van der Waals surface area contributed by atoms with Gasteiger partial charge in [-0.3, -0.25) is 4.98 Å². The van der Waals surface area contributed by atoms with Gasteiger partial charge in [0.2, 0.25) is 0 Å². The molecule has 0 aliphatic carbocycles. The molecule has 5 nitrogen and oxygen atoms in total. The summed E-state index contributed by atoms with van der Waals surface area (Å²) in [5, 5.41) is 12.1. The maximum absolute atomic E-state index is 8.96. The lowest BCUT2D eigenvalue weighted by atomic mass is 9.97. The van der Waals surface area contributed by atoms with Crippen LogP contribution in [0.1, 0.15) is 44.1 Å². The van der Waals surface area contributed by atoms with Crippen molar-refractivity contribution < 1.29 is 5.21 Å². The van der Waals surface area contributed by atoms with E-state index >= 15 is 0 Å². The Kier molecular flexibility index (Phi) is 4.39. The van der Waals surface area contributed by atoms with Crippen molar-refractivity contribution >= 4 is 11.5 Å². The minimum Gasteiger partial charge on any atom is -0.409 e. The van der Waals surface area contributed by atoms with E-state index in [4.69, 9.17) is 10.9 Å². The molecular weight excluding hydrogens is 240 g/mol. The molecule has 1 rings (SSSR count). The van der Waals surface area contributed by atoms with E-state index in [0.717, 1.165) is 23.5 Å². The van der Waals surface area contributed by atoms with Crippen LogP contribution in [0.4, 0.5) is 5.69 Å². The summed E-state index contributed by atoms with van der Waals surface area (Å²) in [6, 6.07) is 1.97. The standard InChI is InChI=1S/C14H24N4O/c1-7-14(4,5)18(6)11-8-9(2)16-10(3)12(11)13(15)17-19/h8,19H,7H2,1-6H3,(H2,15,17). The van der Waals surface area contributed by atoms with Gasteiger partial charge in [-0.2, -0.15) is 0 Å². The van der Waals surface area contributed by atoms with Crippen LogP contribution in [0.15, 0.2) is 11.2 Å². The van der Waals surface area contributed by atoms with Gasteiger partial charge >= 0.3 is 0 Å². The lowest BCUT2D eigenvalue weighted by Crippen LogP contribution is -2.42. The number of anilines is 1. The van der Waals surface area contributed by atoms with Crippen molar-refractivity contribution in [1.82, 2.24) is 4.98 Å². The Morgan fingerprint density at radius 2 is 2.05 bits per heavy atom. The van der Waals surface area contributed by atoms with Crippen molar-refractivity contribution in [3.8, 4) is 0 Å². The normalized spacial score (nSPS) is 12.6. The average molecular weight is 264 g/mol. The number of nitrogens with zero attached hydrogens (tertiary/aromatic N) is 3. The Morgan fingerprint density at radius 1 is 1.47 bits per heavy atom. The van der Waals surface area contributed by atoms with Crippen molar-refractivity contribution in [2.24, 2.45) is 10.9 Å². The molecule has 19 heavy (non-hydrogen) atoms. The third-order valence-corrected chi connectivity index (χ3v) is 3.81. The number of hydrogen-bond donors (Lipinski definition) is 2. The smallest absolute Gasteiger partial charge is 0.174 e. The molecule has 106 valence electrons. The highest BCUT2D eigenvalue weighted by molar-refractivity contribution is 6.03. The fourth-order valence-corrected chi connectivity index (χ4v) is 2.00. The van der Waals surface area contributed by atoms with E-state index in [2.05, 4.69) is 35.8 Å². The molecule has 0 aliphatic rings. The molecule has 0 atom stereocenters. The quantitative estimate of drug-likeness (QED) is 0.379. The summed E-state index contributed by atoms with van der Waals surface area (Å²) in [5.74, 6) is 0.0961. The Hall–Kier alpha value is -1.78. The van der Waals surface area contributed by atoms with E-state index in [1.807, 2.05) is 27.0 Å². The predicted octanol–water partition coefficient (Wildman–Crippen LogP) is 2.42. The monoisotopic (exact) mass is 264 g/mol. The van der Waals surface area contributed by atoms with Crippen LogP contribution in [-0.4, -0.2) is 28.6 Å². The number of oxime groups is 1. The summed E-state index contributed by atoms with van der Waals surface area (Å²) >= 11 is 0. The molecule has 0 saturated carbocycles. The van der Waals surface area contributed by atoms with Crippen LogP contribution in [0.2, 0.25) is 0 Å². The van der Waals surface area contributed by atoms with Gasteiger partial charge in [0.05, 0.1) is 16.9 Å². The van der Waals surface area contributed by atoms with Crippen molar-refractivity contribution in [1.29, 1.82) is 0 Å². The van der Waals surface area contributed by atoms with Gasteiger partial charge in [0.15, 0.2) is 5.84 Å². The lowest BCUT2D eigenvalue weighted by molar-refractivity contribution is 0.318. The van der Waals surface area contributed by atoms with Crippen LogP contribution < -0.4 is 10.6 Å². The highest BCUT2D eigenvalue weighted by Gasteiger charge is 2.25. The summed E-state index contributed by atoms with van der Waals surface area (Å²) < 4.78 is 0. The first-order chi connectivity index (χ1) is 8.74. The molecule has 5 heteroatoms. The average Bonchev–Trinajstić information content (AvgIpc) is 2.36. The third-order valence-electron chi connectivity index (χ3n) is 3.81. The lowest BCUT2D eigenvalue weighted by Gasteiger charge is -2.38. The van der Waals surface area contributed by atoms with Crippen molar-refractivity contribution in [3.63, 3.8) is 0 Å². The predicted molar refractivity (Wildman–Crippen MR) is 79.0 cm³/mol. The molecule has 0 aromatic carbocycles. The maximum atomic E-state index is 8.96. The summed E-state index contributed by atoms with van der Waals surface area (Å²) in [4.78, 5) is 6.55. The molecule has 0 bridgehead atoms. The number of amidine groups is 1. The molecule has 1 aromatic heterocycles. The molecule has 0 fully saturated rings. The summed E-state index contributed by atoms with van der Waals surface area (Å²) in [6.45, 7) is 10.3. The Morgan fingerprint density at radius 3 is 2.53 bits per heavy atom. The van der Waals surface area contributed by atoms with Crippen molar-refractivity contribution in [2.45, 2.75) is 46.6 Å². The van der Waals surface area contributed by atoms with Crippen LogP contribution in [0, 0.1) is 13.8 Å². The van der Waals surface area contributed by atoms with E-state index in [9.17, 15) is 0 Å². The fraction of sp³-hybridized carbons (Fsp3) is 0.571. The number of pyridine rings is 1. The molecular formula is C14H24N4O. The highest BCUT2D eigenvalue weighted by atomic mass is 16.4. The number of nitrogens with two attached hydrogens (primary N) is 1. The molecule has 0 unspecified atom stereocenters. The minimum atomic E-state index is -0.0231. The first kappa shape index (κ1) is 15.3. The first-order valence-corrected chi connectivity index (χ1v) is 6.44. The molecule has 0 radical (unpaired) electrons. The zero-order chi connectivity index (χ0) is 14.8. The van der Waals surface area contributed by atoms with Gasteiger partial charge in [0.1, 0.15) is 0 Å². The van der Waals surface area contributed by atoms with Gasteiger partial charge in [0.25, 0.3) is 0 Å². The van der Waals surface area contributed by atoms with Crippen molar-refractivity contribution in [3.05, 3.63) is 23.0 Å². The first-order valence-electron chi connectivity index (χ1n) is 6.44. The highest BCUT2D eigenvalue weighted by Crippen LogP contribution is 2.29. The molecule has 1 heterocycles. The molecule has 3 N–H and O–H groups in total. The zero-order valence-electron chi connectivity index (χ0n) is 12.7. The Balaban J connectivity index is 3.49. The van der Waals surface area contributed by atoms with E-state index in [1.165, 1.54) is 0 Å². The number of rotatable bonds is 4. The Labute approximate surface area is 115 Å². The van der Waals surface area contributed by atoms with Crippen LogP contribution in [0.3, 0.4) is 0 Å². The molecule has 0 spiro atoms. The SMILES string of the molecule is CCC(C)(C)N(C)c1cc(C)nc(C)c1/C(N)=N/O. The van der Waals surface area contributed by atoms with E-state index in [0.29, 0.717) is 5.56 Å². The largest absolute Gasteiger partial charge is 0.409 e. The topological polar surface area (TPSA) is 74.7 Å². The van der Waals surface area contributed by atoms with Crippen LogP contribution in [-0.2, 0) is 0 Å². The zero-order valence-corrected chi connectivity index (χ0v) is 12.7. The number of aryl methyl sites for hydroxylation is 2. The summed E-state index contributed by atoms with van der Waals surface area (Å²) in [5.41, 5.74) is 9.09. The van der Waals surface area contributed by atoms with Crippen LogP contribution in [0.5, 0.6) is 0 Å². The van der Waals surface area contributed by atoms with E-state index < -0.39 is 0 Å².